The van der Waals surface area contributed by atoms with Gasteiger partial charge in [0, 0.05) is 6.92 Å². The molecule has 0 atom stereocenters. The van der Waals surface area contributed by atoms with Crippen molar-refractivity contribution in [2.45, 2.75) is 13.5 Å². The number of nitrogens with zero attached hydrogens (tertiary/aromatic N) is 1. The number of hydrogen-bond acceptors (Lipinski definition) is 4. The first kappa shape index (κ1) is 16.8. The van der Waals surface area contributed by atoms with Crippen LogP contribution in [0.1, 0.15) is 22.8 Å². The molecular formula is C16H15ClN2O4. The zero-order valence-electron chi connectivity index (χ0n) is 12.3. The van der Waals surface area contributed by atoms with Crippen LogP contribution in [0.4, 0.5) is 11.4 Å². The zero-order valence-corrected chi connectivity index (χ0v) is 13.0. The van der Waals surface area contributed by atoms with Crippen molar-refractivity contribution in [3.8, 4) is 0 Å². The smallest absolute Gasteiger partial charge is 0.337 e. The SMILES string of the molecule is CC(=O)N(O)Cc1cccc(Nc2ccccc2C(=O)O)c1Cl. The van der Waals surface area contributed by atoms with Gasteiger partial charge in [0.05, 0.1) is 28.5 Å². The third kappa shape index (κ3) is 4.00. The Kier molecular flexibility index (Phi) is 5.20. The van der Waals surface area contributed by atoms with Gasteiger partial charge in [-0.25, -0.2) is 9.86 Å². The van der Waals surface area contributed by atoms with Crippen LogP contribution in [-0.2, 0) is 11.3 Å². The lowest BCUT2D eigenvalue weighted by atomic mass is 10.1. The van der Waals surface area contributed by atoms with Crippen LogP contribution in [0.5, 0.6) is 0 Å². The number of carbonyl (C=O) groups is 2. The van der Waals surface area contributed by atoms with E-state index in [4.69, 9.17) is 11.6 Å². The van der Waals surface area contributed by atoms with Crippen molar-refractivity contribution in [1.82, 2.24) is 5.06 Å². The number of nitrogens with one attached hydrogen (secondary N) is 1. The quantitative estimate of drug-likeness (QED) is 0.575. The molecule has 0 unspecified atom stereocenters. The minimum absolute atomic E-state index is 0.0652. The summed E-state index contributed by atoms with van der Waals surface area (Å²) in [6, 6.07) is 11.5. The topological polar surface area (TPSA) is 89.9 Å². The average Bonchev–Trinajstić information content (AvgIpc) is 2.51. The van der Waals surface area contributed by atoms with Crippen molar-refractivity contribution < 1.29 is 19.9 Å². The van der Waals surface area contributed by atoms with Crippen molar-refractivity contribution in [2.75, 3.05) is 5.32 Å². The molecule has 1 amide bonds. The first-order valence-corrected chi connectivity index (χ1v) is 7.11. The van der Waals surface area contributed by atoms with E-state index >= 15 is 0 Å². The highest BCUT2D eigenvalue weighted by atomic mass is 35.5. The second kappa shape index (κ2) is 7.13. The molecule has 3 N–H and O–H groups in total. The Hall–Kier alpha value is -2.57. The van der Waals surface area contributed by atoms with E-state index in [9.17, 15) is 19.9 Å². The summed E-state index contributed by atoms with van der Waals surface area (Å²) in [5.41, 5.74) is 1.52. The minimum Gasteiger partial charge on any atom is -0.478 e. The summed E-state index contributed by atoms with van der Waals surface area (Å²) < 4.78 is 0. The number of benzene rings is 2. The fourth-order valence-electron chi connectivity index (χ4n) is 1.99. The van der Waals surface area contributed by atoms with E-state index < -0.39 is 11.9 Å². The third-order valence-electron chi connectivity index (χ3n) is 3.19. The number of para-hydroxylation sites is 1. The minimum atomic E-state index is -1.06. The Bertz CT molecular complexity index is 749. The Morgan fingerprint density at radius 1 is 1.13 bits per heavy atom. The molecule has 0 saturated carbocycles. The molecule has 0 aromatic heterocycles. The third-order valence-corrected chi connectivity index (χ3v) is 3.64. The van der Waals surface area contributed by atoms with Gasteiger partial charge < -0.3 is 10.4 Å². The predicted octanol–water partition coefficient (Wildman–Crippen LogP) is 3.52. The number of hydroxylamine groups is 2. The maximum Gasteiger partial charge on any atom is 0.337 e. The van der Waals surface area contributed by atoms with E-state index in [-0.39, 0.29) is 12.1 Å². The standard InChI is InChI=1S/C16H15ClN2O4/c1-10(20)19(23)9-11-5-4-8-14(15(11)17)18-13-7-3-2-6-12(13)16(21)22/h2-8,18,23H,9H2,1H3,(H,21,22). The van der Waals surface area contributed by atoms with E-state index in [1.54, 1.807) is 36.4 Å². The van der Waals surface area contributed by atoms with Gasteiger partial charge in [0.2, 0.25) is 5.91 Å². The number of amides is 1. The number of halogens is 1. The van der Waals surface area contributed by atoms with Gasteiger partial charge in [-0.15, -0.1) is 0 Å². The lowest BCUT2D eigenvalue weighted by Gasteiger charge is -2.16. The Morgan fingerprint density at radius 2 is 1.78 bits per heavy atom. The molecule has 0 bridgehead atoms. The molecule has 23 heavy (non-hydrogen) atoms. The number of carboxylic acids is 1. The predicted molar refractivity (Wildman–Crippen MR) is 86.1 cm³/mol. The van der Waals surface area contributed by atoms with E-state index in [1.807, 2.05) is 0 Å². The van der Waals surface area contributed by atoms with E-state index in [0.29, 0.717) is 27.0 Å². The number of carboxylic acid groups (broad SMARTS) is 1. The van der Waals surface area contributed by atoms with Crippen molar-refractivity contribution in [2.24, 2.45) is 0 Å². The van der Waals surface area contributed by atoms with Crippen molar-refractivity contribution >= 4 is 34.9 Å². The van der Waals surface area contributed by atoms with Crippen molar-refractivity contribution in [3.63, 3.8) is 0 Å². The van der Waals surface area contributed by atoms with Gasteiger partial charge in [-0.2, -0.15) is 0 Å². The maximum absolute atomic E-state index is 11.2. The second-order valence-electron chi connectivity index (χ2n) is 4.83. The van der Waals surface area contributed by atoms with Crippen LogP contribution in [0.3, 0.4) is 0 Å². The highest BCUT2D eigenvalue weighted by Crippen LogP contribution is 2.30. The summed E-state index contributed by atoms with van der Waals surface area (Å²) in [5.74, 6) is -1.56. The molecule has 0 aliphatic carbocycles. The number of rotatable bonds is 5. The molecule has 0 heterocycles. The van der Waals surface area contributed by atoms with Gasteiger partial charge in [-0.05, 0) is 23.8 Å². The van der Waals surface area contributed by atoms with E-state index in [0.717, 1.165) is 0 Å². The van der Waals surface area contributed by atoms with Crippen LogP contribution < -0.4 is 5.32 Å². The lowest BCUT2D eigenvalue weighted by Crippen LogP contribution is -2.24. The summed E-state index contributed by atoms with van der Waals surface area (Å²) in [6.07, 6.45) is 0. The van der Waals surface area contributed by atoms with Gasteiger partial charge in [0.15, 0.2) is 0 Å². The molecule has 0 aliphatic heterocycles. The Morgan fingerprint density at radius 3 is 2.43 bits per heavy atom. The highest BCUT2D eigenvalue weighted by molar-refractivity contribution is 6.34. The largest absolute Gasteiger partial charge is 0.478 e. The van der Waals surface area contributed by atoms with Crippen LogP contribution >= 0.6 is 11.6 Å². The molecule has 7 heteroatoms. The van der Waals surface area contributed by atoms with Gasteiger partial charge >= 0.3 is 5.97 Å². The molecule has 0 fully saturated rings. The van der Waals surface area contributed by atoms with Crippen LogP contribution in [0.15, 0.2) is 42.5 Å². The van der Waals surface area contributed by atoms with E-state index in [1.165, 1.54) is 13.0 Å². The summed E-state index contributed by atoms with van der Waals surface area (Å²) in [6.45, 7) is 1.17. The van der Waals surface area contributed by atoms with Crippen molar-refractivity contribution in [3.05, 3.63) is 58.6 Å². The first-order chi connectivity index (χ1) is 10.9. The molecule has 2 aromatic carbocycles. The summed E-state index contributed by atoms with van der Waals surface area (Å²) in [4.78, 5) is 22.3. The fourth-order valence-corrected chi connectivity index (χ4v) is 2.23. The van der Waals surface area contributed by atoms with Crippen LogP contribution in [0.2, 0.25) is 5.02 Å². The molecule has 6 nitrogen and oxygen atoms in total. The highest BCUT2D eigenvalue weighted by Gasteiger charge is 2.14. The number of hydrogen-bond donors (Lipinski definition) is 3. The molecule has 0 aliphatic rings. The summed E-state index contributed by atoms with van der Waals surface area (Å²) in [7, 11) is 0. The average molecular weight is 335 g/mol. The molecular weight excluding hydrogens is 320 g/mol. The normalized spacial score (nSPS) is 10.2. The zero-order chi connectivity index (χ0) is 17.0. The van der Waals surface area contributed by atoms with Gasteiger partial charge in [0.25, 0.3) is 0 Å². The Balaban J connectivity index is 2.32. The number of anilines is 2. The van der Waals surface area contributed by atoms with Gasteiger partial charge in [-0.1, -0.05) is 35.9 Å². The number of carbonyl (C=O) groups excluding carboxylic acids is 1. The molecule has 0 saturated heterocycles. The molecule has 0 spiro atoms. The Labute approximate surface area is 137 Å². The van der Waals surface area contributed by atoms with Crippen LogP contribution in [0.25, 0.3) is 0 Å². The fraction of sp³-hybridized carbons (Fsp3) is 0.125. The van der Waals surface area contributed by atoms with Crippen LogP contribution in [-0.4, -0.2) is 27.3 Å². The maximum atomic E-state index is 11.2. The number of aromatic carboxylic acids is 1. The van der Waals surface area contributed by atoms with E-state index in [2.05, 4.69) is 5.32 Å². The lowest BCUT2D eigenvalue weighted by molar-refractivity contribution is -0.165. The molecule has 2 rings (SSSR count). The van der Waals surface area contributed by atoms with Crippen molar-refractivity contribution in [1.29, 1.82) is 0 Å². The van der Waals surface area contributed by atoms with Gasteiger partial charge in [-0.3, -0.25) is 10.0 Å². The summed E-state index contributed by atoms with van der Waals surface area (Å²) >= 11 is 6.28. The van der Waals surface area contributed by atoms with Gasteiger partial charge in [0.1, 0.15) is 0 Å². The molecule has 2 aromatic rings. The molecule has 120 valence electrons. The second-order valence-corrected chi connectivity index (χ2v) is 5.21. The molecule has 0 radical (unpaired) electrons. The van der Waals surface area contributed by atoms with Crippen LogP contribution in [0, 0.1) is 0 Å². The summed E-state index contributed by atoms with van der Waals surface area (Å²) in [5, 5.41) is 22.5. The first-order valence-electron chi connectivity index (χ1n) is 6.74. The monoisotopic (exact) mass is 334 g/mol.